The molecule has 2 aromatic carbocycles. The lowest BCUT2D eigenvalue weighted by Gasteiger charge is -2.43. The van der Waals surface area contributed by atoms with Crippen LogP contribution in [0.4, 0.5) is 8.78 Å². The third-order valence-corrected chi connectivity index (χ3v) is 8.91. The second-order valence-corrected chi connectivity index (χ2v) is 12.1. The Balaban J connectivity index is 1.56. The normalized spacial score (nSPS) is 18.0. The Hall–Kier alpha value is -3.48. The van der Waals surface area contributed by atoms with Crippen molar-refractivity contribution < 1.29 is 37.2 Å². The van der Waals surface area contributed by atoms with Crippen LogP contribution in [-0.4, -0.2) is 44.8 Å². The summed E-state index contributed by atoms with van der Waals surface area (Å²) in [4.78, 5) is 47.7. The summed E-state index contributed by atoms with van der Waals surface area (Å²) in [5, 5.41) is 0. The SMILES string of the molecule is C=C1CCN2C(=O)c3c(OCOP(=O)(O)O)c(=O)cc(-c4cc(F)c(F)c5c4Cc4ccccc4SC5)n3N[C@@H]2C1. The number of phosphoric ester groups is 1. The summed E-state index contributed by atoms with van der Waals surface area (Å²) in [6.07, 6.45) is 0.660. The number of ether oxygens (including phenoxy) is 1. The van der Waals surface area contributed by atoms with Crippen molar-refractivity contribution in [2.75, 3.05) is 18.8 Å². The first-order valence-electron chi connectivity index (χ1n) is 12.6. The number of carbonyl (C=O) groups excluding carboxylic acids is 1. The van der Waals surface area contributed by atoms with Crippen molar-refractivity contribution in [1.29, 1.82) is 0 Å². The first kappa shape index (κ1) is 27.7. The van der Waals surface area contributed by atoms with Crippen molar-refractivity contribution in [1.82, 2.24) is 9.58 Å². The van der Waals surface area contributed by atoms with E-state index in [2.05, 4.69) is 16.5 Å². The molecule has 3 N–H and O–H groups in total. The first-order chi connectivity index (χ1) is 19.5. The van der Waals surface area contributed by atoms with E-state index in [1.807, 2.05) is 24.3 Å². The van der Waals surface area contributed by atoms with Crippen LogP contribution in [0.3, 0.4) is 0 Å². The van der Waals surface area contributed by atoms with E-state index in [4.69, 9.17) is 14.5 Å². The predicted molar refractivity (Wildman–Crippen MR) is 146 cm³/mol. The van der Waals surface area contributed by atoms with Crippen LogP contribution < -0.4 is 15.6 Å². The fourth-order valence-electron chi connectivity index (χ4n) is 5.40. The molecule has 10 nitrogen and oxygen atoms in total. The van der Waals surface area contributed by atoms with Gasteiger partial charge in [-0.1, -0.05) is 30.4 Å². The number of amides is 1. The maximum atomic E-state index is 15.2. The second-order valence-electron chi connectivity index (χ2n) is 9.89. The smallest absolute Gasteiger partial charge is 0.460 e. The number of piperidine rings is 1. The molecule has 0 aliphatic carbocycles. The maximum absolute atomic E-state index is 15.2. The molecule has 1 amide bonds. The molecule has 0 bridgehead atoms. The number of carbonyl (C=O) groups is 1. The molecule has 14 heteroatoms. The lowest BCUT2D eigenvalue weighted by molar-refractivity contribution is 0.0578. The Morgan fingerprint density at radius 3 is 2.73 bits per heavy atom. The van der Waals surface area contributed by atoms with Crippen LogP contribution in [0.25, 0.3) is 11.3 Å². The van der Waals surface area contributed by atoms with Crippen LogP contribution in [-0.2, 0) is 21.3 Å². The number of hydrogen-bond acceptors (Lipinski definition) is 7. The summed E-state index contributed by atoms with van der Waals surface area (Å²) in [5.74, 6) is -3.00. The van der Waals surface area contributed by atoms with Gasteiger partial charge in [0.15, 0.2) is 17.3 Å². The molecule has 4 heterocycles. The van der Waals surface area contributed by atoms with E-state index in [1.54, 1.807) is 0 Å². The highest BCUT2D eigenvalue weighted by molar-refractivity contribution is 7.98. The van der Waals surface area contributed by atoms with Gasteiger partial charge in [0.1, 0.15) is 6.17 Å². The van der Waals surface area contributed by atoms with Gasteiger partial charge in [-0.3, -0.25) is 9.59 Å². The van der Waals surface area contributed by atoms with Crippen LogP contribution in [0.2, 0.25) is 0 Å². The number of hydrogen-bond donors (Lipinski definition) is 3. The Morgan fingerprint density at radius 2 is 1.95 bits per heavy atom. The average molecular weight is 604 g/mol. The molecule has 1 fully saturated rings. The summed E-state index contributed by atoms with van der Waals surface area (Å²) < 4.78 is 52.4. The van der Waals surface area contributed by atoms with Crippen molar-refractivity contribution in [3.05, 3.63) is 92.8 Å². The highest BCUT2D eigenvalue weighted by atomic mass is 32.2. The minimum absolute atomic E-state index is 0.108. The number of benzene rings is 2. The molecule has 0 spiro atoms. The van der Waals surface area contributed by atoms with E-state index in [1.165, 1.54) is 21.3 Å². The summed E-state index contributed by atoms with van der Waals surface area (Å²) >= 11 is 1.38. The zero-order valence-corrected chi connectivity index (χ0v) is 23.1. The molecule has 6 rings (SSSR count). The Bertz CT molecular complexity index is 1720. The molecule has 0 radical (unpaired) electrons. The molecule has 214 valence electrons. The minimum Gasteiger partial charge on any atom is -0.460 e. The highest BCUT2D eigenvalue weighted by Crippen LogP contribution is 2.41. The quantitative estimate of drug-likeness (QED) is 0.224. The van der Waals surface area contributed by atoms with E-state index < -0.39 is 49.5 Å². The number of thioether (sulfide) groups is 1. The van der Waals surface area contributed by atoms with Gasteiger partial charge in [-0.2, -0.15) is 0 Å². The summed E-state index contributed by atoms with van der Waals surface area (Å²) in [7, 11) is -4.94. The number of nitrogens with one attached hydrogen (secondary N) is 1. The molecule has 3 aliphatic heterocycles. The van der Waals surface area contributed by atoms with Crippen LogP contribution in [0, 0.1) is 11.6 Å². The fraction of sp³-hybridized carbons (Fsp3) is 0.259. The van der Waals surface area contributed by atoms with Crippen molar-refractivity contribution in [3.8, 4) is 17.0 Å². The summed E-state index contributed by atoms with van der Waals surface area (Å²) in [6.45, 7) is 3.33. The molecule has 1 saturated heterocycles. The molecule has 1 aromatic heterocycles. The topological polar surface area (TPSA) is 130 Å². The van der Waals surface area contributed by atoms with Crippen molar-refractivity contribution in [2.24, 2.45) is 0 Å². The second kappa shape index (κ2) is 10.4. The van der Waals surface area contributed by atoms with Gasteiger partial charge in [0.25, 0.3) is 5.91 Å². The van der Waals surface area contributed by atoms with Crippen molar-refractivity contribution >= 4 is 25.5 Å². The van der Waals surface area contributed by atoms with Gasteiger partial charge >= 0.3 is 7.82 Å². The molecule has 41 heavy (non-hydrogen) atoms. The number of halogens is 2. The van der Waals surface area contributed by atoms with Crippen molar-refractivity contribution in [3.63, 3.8) is 0 Å². The zero-order valence-electron chi connectivity index (χ0n) is 21.4. The van der Waals surface area contributed by atoms with Crippen LogP contribution in [0.1, 0.15) is 40.0 Å². The van der Waals surface area contributed by atoms with Gasteiger partial charge in [0, 0.05) is 40.8 Å². The molecule has 3 aliphatic rings. The minimum atomic E-state index is -4.94. The number of nitrogens with zero attached hydrogens (tertiary/aromatic N) is 2. The third kappa shape index (κ3) is 5.08. The Kier molecular flexibility index (Phi) is 7.03. The van der Waals surface area contributed by atoms with Gasteiger partial charge < -0.3 is 24.8 Å². The Morgan fingerprint density at radius 1 is 1.17 bits per heavy atom. The van der Waals surface area contributed by atoms with E-state index in [9.17, 15) is 14.2 Å². The van der Waals surface area contributed by atoms with Gasteiger partial charge in [-0.25, -0.2) is 22.5 Å². The van der Waals surface area contributed by atoms with E-state index >= 15 is 8.78 Å². The van der Waals surface area contributed by atoms with Crippen molar-refractivity contribution in [2.45, 2.75) is 36.1 Å². The summed E-state index contributed by atoms with van der Waals surface area (Å²) in [6, 6.07) is 9.67. The lowest BCUT2D eigenvalue weighted by atomic mass is 9.92. The number of aromatic nitrogens is 1. The standard InChI is InChI=1S/C27H24F2N3O7PS/c1-14-6-7-31-23(8-14)30-32-20(11-21(33)26(25(32)27(31)34)38-13-39-40(35,36)37)17-10-19(28)24(29)18-12-41-22-5-3-2-4-15(22)9-16(17)18/h2-5,10-11,23,30H,1,6-9,12-13H2,(H2,35,36,37)/t23-/m0/s1. The van der Waals surface area contributed by atoms with Gasteiger partial charge in [0.2, 0.25) is 18.0 Å². The van der Waals surface area contributed by atoms with Crippen LogP contribution in [0.5, 0.6) is 5.75 Å². The highest BCUT2D eigenvalue weighted by Gasteiger charge is 2.39. The maximum Gasteiger partial charge on any atom is 0.472 e. The zero-order chi connectivity index (χ0) is 29.1. The number of fused-ring (bicyclic) bond motifs is 4. The van der Waals surface area contributed by atoms with Gasteiger partial charge in [0.05, 0.1) is 5.69 Å². The largest absolute Gasteiger partial charge is 0.472 e. The monoisotopic (exact) mass is 603 g/mol. The summed E-state index contributed by atoms with van der Waals surface area (Å²) in [5.41, 5.74) is 4.90. The predicted octanol–water partition coefficient (Wildman–Crippen LogP) is 4.11. The van der Waals surface area contributed by atoms with E-state index in [0.29, 0.717) is 24.9 Å². The molecule has 0 saturated carbocycles. The number of phosphoric acid groups is 1. The van der Waals surface area contributed by atoms with Gasteiger partial charge in [-0.15, -0.1) is 11.8 Å². The molecule has 0 unspecified atom stereocenters. The number of pyridine rings is 1. The van der Waals surface area contributed by atoms with Crippen LogP contribution >= 0.6 is 19.6 Å². The first-order valence-corrected chi connectivity index (χ1v) is 15.1. The average Bonchev–Trinajstić information content (AvgIpc) is 3.11. The fourth-order valence-corrected chi connectivity index (χ4v) is 6.69. The molecule has 1 atom stereocenters. The third-order valence-electron chi connectivity index (χ3n) is 7.32. The van der Waals surface area contributed by atoms with Crippen LogP contribution in [0.15, 0.2) is 58.2 Å². The van der Waals surface area contributed by atoms with E-state index in [-0.39, 0.29) is 34.7 Å². The van der Waals surface area contributed by atoms with Gasteiger partial charge in [-0.05, 0) is 36.1 Å². The Labute approximate surface area is 236 Å². The molecular weight excluding hydrogens is 579 g/mol. The lowest BCUT2D eigenvalue weighted by Crippen LogP contribution is -2.56. The number of rotatable bonds is 5. The molecule has 3 aromatic rings. The van der Waals surface area contributed by atoms with E-state index in [0.717, 1.165) is 28.2 Å². The molecular formula is C27H24F2N3O7PS.